The second kappa shape index (κ2) is 5.98. The number of rotatable bonds is 5. The van der Waals surface area contributed by atoms with Gasteiger partial charge < -0.3 is 4.90 Å². The molecule has 0 saturated carbocycles. The zero-order chi connectivity index (χ0) is 10.4. The first-order valence-corrected chi connectivity index (χ1v) is 5.45. The van der Waals surface area contributed by atoms with E-state index < -0.39 is 0 Å². The summed E-state index contributed by atoms with van der Waals surface area (Å²) in [5.74, 6) is -0.275. The van der Waals surface area contributed by atoms with E-state index in [0.29, 0.717) is 12.5 Å². The first-order chi connectivity index (χ1) is 6.77. The van der Waals surface area contributed by atoms with Gasteiger partial charge in [0.1, 0.15) is 0 Å². The first kappa shape index (κ1) is 11.5. The largest absolute Gasteiger partial charge is 0.300 e. The lowest BCUT2D eigenvalue weighted by Crippen LogP contribution is -2.33. The predicted molar refractivity (Wildman–Crippen MR) is 54.0 cm³/mol. The fourth-order valence-corrected chi connectivity index (χ4v) is 2.11. The van der Waals surface area contributed by atoms with Crippen LogP contribution in [0, 0.1) is 0 Å². The summed E-state index contributed by atoms with van der Waals surface area (Å²) in [6, 6.07) is 0.509. The molecule has 2 N–H and O–H groups in total. The maximum atomic E-state index is 10.9. The molecule has 0 radical (unpaired) electrons. The van der Waals surface area contributed by atoms with Crippen molar-refractivity contribution in [3.05, 3.63) is 0 Å². The van der Waals surface area contributed by atoms with Crippen LogP contribution in [0.3, 0.4) is 0 Å². The van der Waals surface area contributed by atoms with Crippen LogP contribution in [0.5, 0.6) is 0 Å². The van der Waals surface area contributed by atoms with Crippen molar-refractivity contribution in [1.82, 2.24) is 10.4 Å². The Kier molecular flexibility index (Phi) is 4.90. The summed E-state index contributed by atoms with van der Waals surface area (Å²) in [6.07, 6.45) is 4.92. The SMILES string of the molecule is CC[C@H](CCC(=O)NO)N1CCCC1. The average molecular weight is 200 g/mol. The van der Waals surface area contributed by atoms with Gasteiger partial charge in [-0.05, 0) is 38.8 Å². The minimum absolute atomic E-state index is 0.275. The van der Waals surface area contributed by atoms with E-state index in [2.05, 4.69) is 11.8 Å². The first-order valence-electron chi connectivity index (χ1n) is 5.45. The molecule has 4 heteroatoms. The molecule has 14 heavy (non-hydrogen) atoms. The molecular formula is C10H20N2O2. The van der Waals surface area contributed by atoms with Crippen LogP contribution in [0.2, 0.25) is 0 Å². The number of hydroxylamine groups is 1. The van der Waals surface area contributed by atoms with Crippen LogP contribution in [-0.2, 0) is 4.79 Å². The Morgan fingerprint density at radius 1 is 1.50 bits per heavy atom. The predicted octanol–water partition coefficient (Wildman–Crippen LogP) is 1.15. The van der Waals surface area contributed by atoms with Crippen molar-refractivity contribution in [3.63, 3.8) is 0 Å². The Hall–Kier alpha value is -0.610. The fraction of sp³-hybridized carbons (Fsp3) is 0.900. The molecule has 0 aromatic rings. The van der Waals surface area contributed by atoms with Crippen molar-refractivity contribution < 1.29 is 10.0 Å². The molecule has 0 bridgehead atoms. The molecule has 0 spiro atoms. The van der Waals surface area contributed by atoms with E-state index >= 15 is 0 Å². The van der Waals surface area contributed by atoms with Crippen molar-refractivity contribution >= 4 is 5.91 Å². The Morgan fingerprint density at radius 3 is 2.64 bits per heavy atom. The average Bonchev–Trinajstić information content (AvgIpc) is 2.72. The second-order valence-electron chi connectivity index (χ2n) is 3.88. The van der Waals surface area contributed by atoms with Gasteiger partial charge in [-0.25, -0.2) is 5.48 Å². The van der Waals surface area contributed by atoms with E-state index in [1.165, 1.54) is 25.9 Å². The zero-order valence-corrected chi connectivity index (χ0v) is 8.83. The van der Waals surface area contributed by atoms with E-state index in [4.69, 9.17) is 5.21 Å². The molecule has 0 unspecified atom stereocenters. The van der Waals surface area contributed by atoms with Gasteiger partial charge >= 0.3 is 0 Å². The number of carbonyl (C=O) groups excluding carboxylic acids is 1. The van der Waals surface area contributed by atoms with Crippen molar-refractivity contribution in [3.8, 4) is 0 Å². The van der Waals surface area contributed by atoms with Crippen LogP contribution in [0.4, 0.5) is 0 Å². The van der Waals surface area contributed by atoms with Crippen LogP contribution < -0.4 is 5.48 Å². The molecule has 0 aromatic carbocycles. The van der Waals surface area contributed by atoms with Gasteiger partial charge in [-0.1, -0.05) is 6.92 Å². The van der Waals surface area contributed by atoms with Gasteiger partial charge in [0.15, 0.2) is 0 Å². The van der Waals surface area contributed by atoms with Crippen molar-refractivity contribution in [2.75, 3.05) is 13.1 Å². The third kappa shape index (κ3) is 3.27. The normalized spacial score (nSPS) is 19.6. The zero-order valence-electron chi connectivity index (χ0n) is 8.83. The molecule has 0 aromatic heterocycles. The Bertz CT molecular complexity index is 179. The maximum absolute atomic E-state index is 10.9. The third-order valence-electron chi connectivity index (χ3n) is 2.96. The van der Waals surface area contributed by atoms with E-state index in [1.54, 1.807) is 5.48 Å². The molecule has 1 atom stereocenters. The minimum atomic E-state index is -0.275. The standard InChI is InChI=1S/C10H20N2O2/c1-2-9(5-6-10(13)11-14)12-7-3-4-8-12/h9,14H,2-8H2,1H3,(H,11,13)/t9-/m1/s1. The van der Waals surface area contributed by atoms with Crippen LogP contribution >= 0.6 is 0 Å². The van der Waals surface area contributed by atoms with Crippen LogP contribution in [0.15, 0.2) is 0 Å². The van der Waals surface area contributed by atoms with Gasteiger partial charge in [-0.15, -0.1) is 0 Å². The van der Waals surface area contributed by atoms with E-state index in [9.17, 15) is 4.79 Å². The van der Waals surface area contributed by atoms with E-state index in [-0.39, 0.29) is 5.91 Å². The summed E-state index contributed by atoms with van der Waals surface area (Å²) in [5, 5.41) is 8.37. The molecule has 1 aliphatic rings. The molecular weight excluding hydrogens is 180 g/mol. The minimum Gasteiger partial charge on any atom is -0.300 e. The Balaban J connectivity index is 2.27. The topological polar surface area (TPSA) is 52.6 Å². The van der Waals surface area contributed by atoms with Crippen LogP contribution in [-0.4, -0.2) is 35.1 Å². The van der Waals surface area contributed by atoms with E-state index in [0.717, 1.165) is 12.8 Å². The number of amides is 1. The lowest BCUT2D eigenvalue weighted by atomic mass is 10.1. The molecule has 1 aliphatic heterocycles. The quantitative estimate of drug-likeness (QED) is 0.517. The fourth-order valence-electron chi connectivity index (χ4n) is 2.11. The summed E-state index contributed by atoms with van der Waals surface area (Å²) >= 11 is 0. The number of nitrogens with one attached hydrogen (secondary N) is 1. The highest BCUT2D eigenvalue weighted by molar-refractivity contribution is 5.74. The number of hydrogen-bond acceptors (Lipinski definition) is 3. The summed E-state index contributed by atoms with van der Waals surface area (Å²) in [5.41, 5.74) is 1.68. The molecule has 4 nitrogen and oxygen atoms in total. The molecule has 1 rings (SSSR count). The third-order valence-corrected chi connectivity index (χ3v) is 2.96. The number of hydrogen-bond donors (Lipinski definition) is 2. The van der Waals surface area contributed by atoms with Gasteiger partial charge in [-0.2, -0.15) is 0 Å². The summed E-state index contributed by atoms with van der Waals surface area (Å²) in [4.78, 5) is 13.3. The molecule has 1 heterocycles. The van der Waals surface area contributed by atoms with Crippen LogP contribution in [0.25, 0.3) is 0 Å². The highest BCUT2D eigenvalue weighted by Crippen LogP contribution is 2.17. The smallest absolute Gasteiger partial charge is 0.243 e. The molecule has 1 fully saturated rings. The summed E-state index contributed by atoms with van der Waals surface area (Å²) in [7, 11) is 0. The van der Waals surface area contributed by atoms with Gasteiger partial charge in [-0.3, -0.25) is 10.0 Å². The number of likely N-dealkylation sites (tertiary alicyclic amines) is 1. The molecule has 1 saturated heterocycles. The van der Waals surface area contributed by atoms with Gasteiger partial charge in [0, 0.05) is 12.5 Å². The van der Waals surface area contributed by atoms with Gasteiger partial charge in [0.05, 0.1) is 0 Å². The second-order valence-corrected chi connectivity index (χ2v) is 3.88. The van der Waals surface area contributed by atoms with Crippen molar-refractivity contribution in [2.24, 2.45) is 0 Å². The number of carbonyl (C=O) groups is 1. The Morgan fingerprint density at radius 2 is 2.14 bits per heavy atom. The van der Waals surface area contributed by atoms with Crippen LogP contribution in [0.1, 0.15) is 39.0 Å². The highest BCUT2D eigenvalue weighted by atomic mass is 16.5. The maximum Gasteiger partial charge on any atom is 0.243 e. The lowest BCUT2D eigenvalue weighted by Gasteiger charge is -2.25. The van der Waals surface area contributed by atoms with Crippen molar-refractivity contribution in [2.45, 2.75) is 45.1 Å². The molecule has 1 amide bonds. The highest BCUT2D eigenvalue weighted by Gasteiger charge is 2.20. The Labute approximate surface area is 85.2 Å². The summed E-state index contributed by atoms with van der Waals surface area (Å²) in [6.45, 7) is 4.48. The lowest BCUT2D eigenvalue weighted by molar-refractivity contribution is -0.129. The molecule has 0 aliphatic carbocycles. The number of nitrogens with zero attached hydrogens (tertiary/aromatic N) is 1. The monoisotopic (exact) mass is 200 g/mol. The van der Waals surface area contributed by atoms with E-state index in [1.807, 2.05) is 0 Å². The van der Waals surface area contributed by atoms with Gasteiger partial charge in [0.2, 0.25) is 5.91 Å². The van der Waals surface area contributed by atoms with Gasteiger partial charge in [0.25, 0.3) is 0 Å². The summed E-state index contributed by atoms with van der Waals surface area (Å²) < 4.78 is 0. The van der Waals surface area contributed by atoms with Crippen molar-refractivity contribution in [1.29, 1.82) is 0 Å². The molecule has 82 valence electrons.